The maximum Gasteiger partial charge on any atom is 0.274 e. The van der Waals surface area contributed by atoms with E-state index < -0.39 is 0 Å². The molecule has 1 aromatic carbocycles. The van der Waals surface area contributed by atoms with E-state index in [0.29, 0.717) is 10.7 Å². The van der Waals surface area contributed by atoms with Crippen molar-refractivity contribution < 1.29 is 4.79 Å². The third-order valence-electron chi connectivity index (χ3n) is 2.39. The molecular formula is C14H13ClN2OS. The van der Waals surface area contributed by atoms with Gasteiger partial charge >= 0.3 is 0 Å². The Bertz CT molecular complexity index is 589. The average molecular weight is 293 g/mol. The largest absolute Gasteiger partial charge is 0.320 e. The normalized spacial score (nSPS) is 10.2. The number of pyridine rings is 1. The number of nitrogens with one attached hydrogen (secondary N) is 1. The van der Waals surface area contributed by atoms with Gasteiger partial charge in [0.1, 0.15) is 5.69 Å². The highest BCUT2D eigenvalue weighted by atomic mass is 35.5. The molecule has 0 saturated carbocycles. The molecule has 2 aromatic rings. The Morgan fingerprint density at radius 3 is 2.89 bits per heavy atom. The number of carbonyl (C=O) groups excluding carboxylic acids is 1. The first-order valence-corrected chi connectivity index (χ1v) is 7.22. The molecule has 19 heavy (non-hydrogen) atoms. The fourth-order valence-electron chi connectivity index (χ4n) is 1.57. The van der Waals surface area contributed by atoms with Gasteiger partial charge in [-0.3, -0.25) is 9.78 Å². The molecule has 0 saturated heterocycles. The van der Waals surface area contributed by atoms with Crippen LogP contribution in [0, 0.1) is 0 Å². The predicted molar refractivity (Wildman–Crippen MR) is 80.0 cm³/mol. The Morgan fingerprint density at radius 1 is 1.37 bits per heavy atom. The highest BCUT2D eigenvalue weighted by molar-refractivity contribution is 7.99. The lowest BCUT2D eigenvalue weighted by atomic mass is 10.3. The van der Waals surface area contributed by atoms with E-state index in [1.807, 2.05) is 24.3 Å². The highest BCUT2D eigenvalue weighted by Gasteiger charge is 2.10. The number of benzene rings is 1. The average Bonchev–Trinajstić information content (AvgIpc) is 2.41. The van der Waals surface area contributed by atoms with Crippen LogP contribution in [0.25, 0.3) is 0 Å². The molecule has 1 heterocycles. The van der Waals surface area contributed by atoms with Crippen molar-refractivity contribution in [2.24, 2.45) is 0 Å². The number of hydrogen-bond donors (Lipinski definition) is 1. The second-order valence-corrected chi connectivity index (χ2v) is 5.48. The van der Waals surface area contributed by atoms with E-state index in [4.69, 9.17) is 11.6 Å². The van der Waals surface area contributed by atoms with Crippen LogP contribution in [-0.4, -0.2) is 16.6 Å². The van der Waals surface area contributed by atoms with Gasteiger partial charge in [0.05, 0.1) is 5.69 Å². The minimum Gasteiger partial charge on any atom is -0.320 e. The fourth-order valence-corrected chi connectivity index (χ4v) is 2.49. The van der Waals surface area contributed by atoms with Crippen molar-refractivity contribution in [1.82, 2.24) is 4.98 Å². The lowest BCUT2D eigenvalue weighted by molar-refractivity contribution is 0.102. The van der Waals surface area contributed by atoms with Crippen LogP contribution in [0.3, 0.4) is 0 Å². The number of nitrogens with zero attached hydrogens (tertiary/aromatic N) is 1. The van der Waals surface area contributed by atoms with Gasteiger partial charge in [0.25, 0.3) is 5.91 Å². The van der Waals surface area contributed by atoms with E-state index in [2.05, 4.69) is 17.2 Å². The molecule has 98 valence electrons. The SMILES string of the molecule is CCSc1ccccc1NC(=O)c1cc(Cl)ccn1. The van der Waals surface area contributed by atoms with Crippen molar-refractivity contribution in [2.45, 2.75) is 11.8 Å². The van der Waals surface area contributed by atoms with Crippen LogP contribution >= 0.6 is 23.4 Å². The lowest BCUT2D eigenvalue weighted by Gasteiger charge is -2.09. The Balaban J connectivity index is 2.19. The number of anilines is 1. The summed E-state index contributed by atoms with van der Waals surface area (Å²) in [6.45, 7) is 2.07. The first-order valence-electron chi connectivity index (χ1n) is 5.85. The maximum absolute atomic E-state index is 12.1. The molecule has 0 aliphatic carbocycles. The number of carbonyl (C=O) groups is 1. The molecule has 1 amide bonds. The molecule has 0 spiro atoms. The molecule has 1 aromatic heterocycles. The van der Waals surface area contributed by atoms with E-state index in [9.17, 15) is 4.79 Å². The number of rotatable bonds is 4. The molecule has 1 N–H and O–H groups in total. The molecule has 0 radical (unpaired) electrons. The van der Waals surface area contributed by atoms with Crippen LogP contribution in [0.1, 0.15) is 17.4 Å². The van der Waals surface area contributed by atoms with Crippen molar-refractivity contribution >= 4 is 35.0 Å². The summed E-state index contributed by atoms with van der Waals surface area (Å²) in [5.74, 6) is 0.689. The Labute approximate surface area is 121 Å². The summed E-state index contributed by atoms with van der Waals surface area (Å²) in [5.41, 5.74) is 1.10. The Morgan fingerprint density at radius 2 is 2.16 bits per heavy atom. The Kier molecular flexibility index (Phi) is 4.82. The molecule has 0 aliphatic rings. The van der Waals surface area contributed by atoms with Crippen molar-refractivity contribution in [3.63, 3.8) is 0 Å². The van der Waals surface area contributed by atoms with Gasteiger partial charge in [0.15, 0.2) is 0 Å². The van der Waals surface area contributed by atoms with E-state index in [1.165, 1.54) is 6.20 Å². The van der Waals surface area contributed by atoms with Gasteiger partial charge in [0, 0.05) is 16.1 Å². The van der Waals surface area contributed by atoms with Gasteiger partial charge in [-0.15, -0.1) is 11.8 Å². The lowest BCUT2D eigenvalue weighted by Crippen LogP contribution is -2.14. The quantitative estimate of drug-likeness (QED) is 0.863. The van der Waals surface area contributed by atoms with Gasteiger partial charge in [-0.1, -0.05) is 30.7 Å². The van der Waals surface area contributed by atoms with Gasteiger partial charge in [-0.05, 0) is 30.0 Å². The van der Waals surface area contributed by atoms with Crippen LogP contribution in [-0.2, 0) is 0 Å². The molecule has 2 rings (SSSR count). The highest BCUT2D eigenvalue weighted by Crippen LogP contribution is 2.26. The molecule has 0 unspecified atom stereocenters. The monoisotopic (exact) mass is 292 g/mol. The van der Waals surface area contributed by atoms with Crippen molar-refractivity contribution in [3.05, 3.63) is 53.3 Å². The van der Waals surface area contributed by atoms with E-state index in [1.54, 1.807) is 23.9 Å². The zero-order chi connectivity index (χ0) is 13.7. The van der Waals surface area contributed by atoms with Crippen LogP contribution in [0.15, 0.2) is 47.5 Å². The van der Waals surface area contributed by atoms with Gasteiger partial charge in [0.2, 0.25) is 0 Å². The number of aromatic nitrogens is 1. The molecular weight excluding hydrogens is 280 g/mol. The summed E-state index contributed by atoms with van der Waals surface area (Å²) in [4.78, 5) is 17.1. The first kappa shape index (κ1) is 13.9. The summed E-state index contributed by atoms with van der Waals surface area (Å²) in [6.07, 6.45) is 1.52. The van der Waals surface area contributed by atoms with Crippen molar-refractivity contribution in [1.29, 1.82) is 0 Å². The van der Waals surface area contributed by atoms with Crippen LogP contribution in [0.4, 0.5) is 5.69 Å². The number of halogens is 1. The third-order valence-corrected chi connectivity index (χ3v) is 3.58. The molecule has 0 fully saturated rings. The van der Waals surface area contributed by atoms with Gasteiger partial charge in [-0.2, -0.15) is 0 Å². The van der Waals surface area contributed by atoms with E-state index in [-0.39, 0.29) is 5.91 Å². The second kappa shape index (κ2) is 6.59. The first-order chi connectivity index (χ1) is 9.20. The van der Waals surface area contributed by atoms with Crippen LogP contribution in [0.5, 0.6) is 0 Å². The maximum atomic E-state index is 12.1. The summed E-state index contributed by atoms with van der Waals surface area (Å²) in [7, 11) is 0. The standard InChI is InChI=1S/C14H13ClN2OS/c1-2-19-13-6-4-3-5-11(13)17-14(18)12-9-10(15)7-8-16-12/h3-9H,2H2,1H3,(H,17,18). The van der Waals surface area contributed by atoms with Gasteiger partial charge in [-0.25, -0.2) is 0 Å². The summed E-state index contributed by atoms with van der Waals surface area (Å²) >= 11 is 7.53. The summed E-state index contributed by atoms with van der Waals surface area (Å²) < 4.78 is 0. The van der Waals surface area contributed by atoms with E-state index in [0.717, 1.165) is 16.3 Å². The number of para-hydroxylation sites is 1. The minimum atomic E-state index is -0.258. The number of thioether (sulfide) groups is 1. The molecule has 3 nitrogen and oxygen atoms in total. The van der Waals surface area contributed by atoms with Crippen LogP contribution < -0.4 is 5.32 Å². The Hall–Kier alpha value is -1.52. The minimum absolute atomic E-state index is 0.258. The van der Waals surface area contributed by atoms with Crippen LogP contribution in [0.2, 0.25) is 5.02 Å². The van der Waals surface area contributed by atoms with Gasteiger partial charge < -0.3 is 5.32 Å². The number of hydrogen-bond acceptors (Lipinski definition) is 3. The molecule has 0 aliphatic heterocycles. The van der Waals surface area contributed by atoms with Crippen molar-refractivity contribution in [3.8, 4) is 0 Å². The summed E-state index contributed by atoms with van der Waals surface area (Å²) in [5, 5.41) is 3.35. The number of amides is 1. The van der Waals surface area contributed by atoms with E-state index >= 15 is 0 Å². The third kappa shape index (κ3) is 3.72. The predicted octanol–water partition coefficient (Wildman–Crippen LogP) is 4.10. The molecule has 5 heteroatoms. The zero-order valence-corrected chi connectivity index (χ0v) is 12.0. The van der Waals surface area contributed by atoms with Crippen molar-refractivity contribution in [2.75, 3.05) is 11.1 Å². The fraction of sp³-hybridized carbons (Fsp3) is 0.143. The summed E-state index contributed by atoms with van der Waals surface area (Å²) in [6, 6.07) is 10.9. The smallest absolute Gasteiger partial charge is 0.274 e. The second-order valence-electron chi connectivity index (χ2n) is 3.74. The molecule has 0 atom stereocenters. The zero-order valence-electron chi connectivity index (χ0n) is 10.4. The topological polar surface area (TPSA) is 42.0 Å². The molecule has 0 bridgehead atoms.